The highest BCUT2D eigenvalue weighted by atomic mass is 16.1. The van der Waals surface area contributed by atoms with Gasteiger partial charge in [-0.3, -0.25) is 4.79 Å². The molecule has 1 heterocycles. The first-order valence-corrected chi connectivity index (χ1v) is 9.25. The number of Topliss-reactive ketones (excluding diaryl/α,β-unsaturated/α-hetero) is 1. The second-order valence-electron chi connectivity index (χ2n) is 7.44. The van der Waals surface area contributed by atoms with Gasteiger partial charge < -0.3 is 4.90 Å². The minimum Gasteiger partial charge on any atom is -0.303 e. The maximum absolute atomic E-state index is 12.6. The Kier molecular flexibility index (Phi) is 6.88. The van der Waals surface area contributed by atoms with Crippen LogP contribution in [0.15, 0.2) is 23.8 Å². The van der Waals surface area contributed by atoms with E-state index in [-0.39, 0.29) is 5.92 Å². The van der Waals surface area contributed by atoms with Gasteiger partial charge in [0.1, 0.15) is 0 Å². The highest BCUT2D eigenvalue weighted by molar-refractivity contribution is 5.99. The van der Waals surface area contributed by atoms with Gasteiger partial charge in [-0.25, -0.2) is 0 Å². The van der Waals surface area contributed by atoms with Gasteiger partial charge in [-0.15, -0.1) is 0 Å². The van der Waals surface area contributed by atoms with Crippen LogP contribution in [0, 0.1) is 17.8 Å². The van der Waals surface area contributed by atoms with Crippen LogP contribution in [0.3, 0.4) is 0 Å². The molecule has 2 rings (SSSR count). The van der Waals surface area contributed by atoms with Crippen molar-refractivity contribution in [2.45, 2.75) is 59.3 Å². The van der Waals surface area contributed by atoms with E-state index in [2.05, 4.69) is 43.9 Å². The molecular weight excluding hydrogens is 270 g/mol. The van der Waals surface area contributed by atoms with Crippen molar-refractivity contribution in [1.29, 1.82) is 0 Å². The number of likely N-dealkylation sites (tertiary alicyclic amines) is 1. The van der Waals surface area contributed by atoms with Crippen LogP contribution < -0.4 is 0 Å². The lowest BCUT2D eigenvalue weighted by atomic mass is 9.85. The lowest BCUT2D eigenvalue weighted by Crippen LogP contribution is -2.37. The molecule has 2 heteroatoms. The summed E-state index contributed by atoms with van der Waals surface area (Å²) in [5.41, 5.74) is 0.975. The van der Waals surface area contributed by atoms with Gasteiger partial charge in [0.25, 0.3) is 0 Å². The van der Waals surface area contributed by atoms with Gasteiger partial charge in [0.05, 0.1) is 0 Å². The Morgan fingerprint density at radius 1 is 1.32 bits per heavy atom. The maximum Gasteiger partial charge on any atom is 0.165 e. The molecule has 1 fully saturated rings. The fourth-order valence-corrected chi connectivity index (χ4v) is 3.53. The van der Waals surface area contributed by atoms with Crippen molar-refractivity contribution in [3.63, 3.8) is 0 Å². The molecule has 0 aromatic carbocycles. The van der Waals surface area contributed by atoms with Gasteiger partial charge in [-0.1, -0.05) is 39.0 Å². The lowest BCUT2D eigenvalue weighted by molar-refractivity contribution is -0.120. The number of nitrogens with zero attached hydrogens (tertiary/aromatic N) is 1. The summed E-state index contributed by atoms with van der Waals surface area (Å²) in [5, 5.41) is 0. The molecule has 0 spiro atoms. The number of ketones is 1. The molecule has 1 aliphatic heterocycles. The van der Waals surface area contributed by atoms with E-state index in [0.29, 0.717) is 11.7 Å². The Bertz CT molecular complexity index is 413. The number of allylic oxidation sites excluding steroid dienone is 4. The predicted octanol–water partition coefficient (Wildman–Crippen LogP) is 4.62. The quantitative estimate of drug-likeness (QED) is 0.684. The first-order chi connectivity index (χ1) is 10.6. The summed E-state index contributed by atoms with van der Waals surface area (Å²) in [4.78, 5) is 15.2. The van der Waals surface area contributed by atoms with E-state index in [1.807, 2.05) is 0 Å². The van der Waals surface area contributed by atoms with Crippen molar-refractivity contribution in [3.8, 4) is 0 Å². The molecule has 0 N–H and O–H groups in total. The summed E-state index contributed by atoms with van der Waals surface area (Å²) in [7, 11) is 0. The van der Waals surface area contributed by atoms with Crippen molar-refractivity contribution in [3.05, 3.63) is 23.8 Å². The molecule has 1 aliphatic carbocycles. The molecule has 0 aromatic rings. The SMILES string of the molecule is CCC1C=CC(C(=O)C2CCN(CCCC(C)C)CC2)=CC1. The van der Waals surface area contributed by atoms with Gasteiger partial charge in [-0.2, -0.15) is 0 Å². The molecule has 0 saturated carbocycles. The summed E-state index contributed by atoms with van der Waals surface area (Å²) >= 11 is 0. The molecule has 2 aliphatic rings. The Hall–Kier alpha value is -0.890. The maximum atomic E-state index is 12.6. The summed E-state index contributed by atoms with van der Waals surface area (Å²) in [6, 6.07) is 0. The zero-order chi connectivity index (χ0) is 15.9. The first-order valence-electron chi connectivity index (χ1n) is 9.25. The minimum atomic E-state index is 0.260. The Labute approximate surface area is 136 Å². The Morgan fingerprint density at radius 2 is 2.05 bits per heavy atom. The van der Waals surface area contributed by atoms with Crippen LogP contribution in [-0.4, -0.2) is 30.3 Å². The third-order valence-corrected chi connectivity index (χ3v) is 5.21. The Morgan fingerprint density at radius 3 is 2.59 bits per heavy atom. The average molecular weight is 303 g/mol. The minimum absolute atomic E-state index is 0.260. The van der Waals surface area contributed by atoms with Crippen molar-refractivity contribution in [1.82, 2.24) is 4.90 Å². The van der Waals surface area contributed by atoms with Gasteiger partial charge in [0.2, 0.25) is 0 Å². The monoisotopic (exact) mass is 303 g/mol. The third-order valence-electron chi connectivity index (χ3n) is 5.21. The van der Waals surface area contributed by atoms with Crippen molar-refractivity contribution in [2.24, 2.45) is 17.8 Å². The molecule has 0 radical (unpaired) electrons. The smallest absolute Gasteiger partial charge is 0.165 e. The second kappa shape index (κ2) is 8.67. The highest BCUT2D eigenvalue weighted by Gasteiger charge is 2.26. The van der Waals surface area contributed by atoms with Crippen LogP contribution in [0.25, 0.3) is 0 Å². The number of hydrogen-bond acceptors (Lipinski definition) is 2. The van der Waals surface area contributed by atoms with Gasteiger partial charge in [-0.05, 0) is 70.0 Å². The summed E-state index contributed by atoms with van der Waals surface area (Å²) in [6.07, 6.45) is 13.4. The van der Waals surface area contributed by atoms with Crippen LogP contribution in [0.4, 0.5) is 0 Å². The van der Waals surface area contributed by atoms with E-state index in [0.717, 1.165) is 43.8 Å². The van der Waals surface area contributed by atoms with Crippen molar-refractivity contribution in [2.75, 3.05) is 19.6 Å². The van der Waals surface area contributed by atoms with E-state index in [1.165, 1.54) is 25.8 Å². The first kappa shape index (κ1) is 17.5. The summed E-state index contributed by atoms with van der Waals surface area (Å²) < 4.78 is 0. The standard InChI is InChI=1S/C20H33NO/c1-4-17-7-9-18(10-8-17)20(22)19-11-14-21(15-12-19)13-5-6-16(2)3/h7,9-10,16-17,19H,4-6,8,11-15H2,1-3H3. The average Bonchev–Trinajstić information content (AvgIpc) is 2.54. The van der Waals surface area contributed by atoms with E-state index in [9.17, 15) is 4.79 Å². The molecule has 1 atom stereocenters. The molecule has 0 bridgehead atoms. The van der Waals surface area contributed by atoms with E-state index in [1.54, 1.807) is 0 Å². The van der Waals surface area contributed by atoms with Crippen LogP contribution in [-0.2, 0) is 4.79 Å². The van der Waals surface area contributed by atoms with E-state index in [4.69, 9.17) is 0 Å². The van der Waals surface area contributed by atoms with Crippen LogP contribution in [0.5, 0.6) is 0 Å². The molecular formula is C20H33NO. The second-order valence-corrected chi connectivity index (χ2v) is 7.44. The predicted molar refractivity (Wildman–Crippen MR) is 93.9 cm³/mol. The molecule has 0 amide bonds. The number of carbonyl (C=O) groups excluding carboxylic acids is 1. The fourth-order valence-electron chi connectivity index (χ4n) is 3.53. The Balaban J connectivity index is 1.74. The van der Waals surface area contributed by atoms with E-state index < -0.39 is 0 Å². The molecule has 1 unspecified atom stereocenters. The summed E-state index contributed by atoms with van der Waals surface area (Å²) in [6.45, 7) is 10.2. The van der Waals surface area contributed by atoms with Gasteiger partial charge in [0, 0.05) is 11.5 Å². The van der Waals surface area contributed by atoms with E-state index >= 15 is 0 Å². The third kappa shape index (κ3) is 5.08. The number of rotatable bonds is 7. The normalized spacial score (nSPS) is 23.8. The summed E-state index contributed by atoms with van der Waals surface area (Å²) in [5.74, 6) is 2.10. The number of carbonyl (C=O) groups is 1. The molecule has 2 nitrogen and oxygen atoms in total. The topological polar surface area (TPSA) is 20.3 Å². The van der Waals surface area contributed by atoms with Crippen LogP contribution in [0.2, 0.25) is 0 Å². The molecule has 124 valence electrons. The van der Waals surface area contributed by atoms with Crippen LogP contribution >= 0.6 is 0 Å². The highest BCUT2D eigenvalue weighted by Crippen LogP contribution is 2.26. The van der Waals surface area contributed by atoms with Crippen molar-refractivity contribution >= 4 is 5.78 Å². The molecule has 0 aromatic heterocycles. The molecule has 1 saturated heterocycles. The van der Waals surface area contributed by atoms with Crippen molar-refractivity contribution < 1.29 is 4.79 Å². The molecule has 22 heavy (non-hydrogen) atoms. The van der Waals surface area contributed by atoms with Gasteiger partial charge >= 0.3 is 0 Å². The fraction of sp³-hybridized carbons (Fsp3) is 0.750. The van der Waals surface area contributed by atoms with Gasteiger partial charge in [0.15, 0.2) is 5.78 Å². The largest absolute Gasteiger partial charge is 0.303 e. The zero-order valence-electron chi connectivity index (χ0n) is 14.7. The van der Waals surface area contributed by atoms with Crippen LogP contribution in [0.1, 0.15) is 59.3 Å². The lowest BCUT2D eigenvalue weighted by Gasteiger charge is -2.31. The number of piperidine rings is 1. The zero-order valence-corrected chi connectivity index (χ0v) is 14.7. The number of hydrogen-bond donors (Lipinski definition) is 0.